The maximum Gasteiger partial charge on any atom is 2.00 e. The first-order valence-electron chi connectivity index (χ1n) is 22.6. The summed E-state index contributed by atoms with van der Waals surface area (Å²) < 4.78 is 68.8. The molecule has 0 saturated heterocycles. The van der Waals surface area contributed by atoms with E-state index in [0.29, 0.717) is 32.3 Å². The maximum absolute atomic E-state index is 13.4. The Bertz CT molecular complexity index is 4470. The van der Waals surface area contributed by atoms with Gasteiger partial charge in [0.05, 0.1) is 26.8 Å². The largest absolute Gasteiger partial charge is 2.00 e. The number of nitro groups is 2. The van der Waals surface area contributed by atoms with Gasteiger partial charge in [-0.25, -0.2) is 0 Å². The van der Waals surface area contributed by atoms with Gasteiger partial charge in [0, 0.05) is 51.5 Å². The number of carbonyl (C=O) groups excluding carboxylic acids is 1. The normalized spacial score (nSPS) is 11.9. The van der Waals surface area contributed by atoms with Crippen LogP contribution in [0.3, 0.4) is 0 Å². The quantitative estimate of drug-likeness (QED) is 0.0168. The molecule has 388 valence electrons. The van der Waals surface area contributed by atoms with Crippen LogP contribution in [0, 0.1) is 20.2 Å². The summed E-state index contributed by atoms with van der Waals surface area (Å²) in [4.78, 5) is 36.9. The van der Waals surface area contributed by atoms with Crippen LogP contribution < -0.4 is 15.5 Å². The first-order valence-corrected chi connectivity index (χ1v) is 25.5. The smallest absolute Gasteiger partial charge is 0.871 e. The van der Waals surface area contributed by atoms with E-state index >= 15 is 0 Å². The molecule has 0 saturated carbocycles. The Hall–Kier alpha value is -9.14. The fourth-order valence-electron chi connectivity index (χ4n) is 8.28. The van der Waals surface area contributed by atoms with Crippen molar-refractivity contribution in [2.45, 2.75) is 9.79 Å². The Morgan fingerprint density at radius 1 is 0.506 bits per heavy atom. The molecule has 25 heteroatoms. The van der Waals surface area contributed by atoms with Gasteiger partial charge in [0.25, 0.3) is 37.5 Å². The van der Waals surface area contributed by atoms with E-state index in [1.807, 2.05) is 0 Å². The molecule has 0 heterocycles. The van der Waals surface area contributed by atoms with E-state index in [4.69, 9.17) is 0 Å². The molecule has 0 spiro atoms. The SMILES string of the molecule is O=C(Nc1cccc([N+](=O)[O-])c1)c1cc2ccccc2c(N=Nc2ccc3ccccc3c2S(=O)(=O)O)c1O.O=[N+]([O-])c1cccc(N=C([O-])c2cc3ccccc3c(N=Nc3ccc4ccccc4c3S(=O)(=O)O)c2[O-])c1.[Ca+2]. The number of nitro benzene ring substituents is 2. The number of rotatable bonds is 12. The number of hydrogen-bond acceptors (Lipinski definition) is 17. The second-order valence-corrected chi connectivity index (χ2v) is 19.5. The molecule has 10 aromatic carbocycles. The van der Waals surface area contributed by atoms with Crippen LogP contribution in [0.25, 0.3) is 43.1 Å². The van der Waals surface area contributed by atoms with E-state index in [2.05, 4.69) is 30.8 Å². The minimum Gasteiger partial charge on any atom is -0.871 e. The molecule has 1 amide bonds. The second-order valence-electron chi connectivity index (χ2n) is 16.7. The van der Waals surface area contributed by atoms with Gasteiger partial charge >= 0.3 is 37.7 Å². The molecule has 22 nitrogen and oxygen atoms in total. The van der Waals surface area contributed by atoms with Crippen LogP contribution in [-0.4, -0.2) is 90.4 Å². The number of non-ortho nitro benzene ring substituents is 2. The minimum atomic E-state index is -4.73. The van der Waals surface area contributed by atoms with Gasteiger partial charge < -0.3 is 20.6 Å². The molecule has 0 aliphatic heterocycles. The number of benzene rings is 10. The average molecular weight is 1120 g/mol. The maximum atomic E-state index is 13.4. The van der Waals surface area contributed by atoms with Crippen molar-refractivity contribution in [1.29, 1.82) is 0 Å². The van der Waals surface area contributed by atoms with Crippen LogP contribution in [0.1, 0.15) is 15.9 Å². The molecule has 0 unspecified atom stereocenters. The first kappa shape index (κ1) is 56.1. The van der Waals surface area contributed by atoms with E-state index in [1.54, 1.807) is 97.1 Å². The Morgan fingerprint density at radius 2 is 0.949 bits per heavy atom. The number of carbonyl (C=O) groups is 1. The van der Waals surface area contributed by atoms with Gasteiger partial charge in [0.2, 0.25) is 0 Å². The Kier molecular flexibility index (Phi) is 16.5. The zero-order chi connectivity index (χ0) is 55.5. The van der Waals surface area contributed by atoms with Gasteiger partial charge in [-0.2, -0.15) is 21.9 Å². The Balaban J connectivity index is 0.000000205. The van der Waals surface area contributed by atoms with Gasteiger partial charge in [-0.05, 0) is 69.4 Å². The summed E-state index contributed by atoms with van der Waals surface area (Å²) in [6.07, 6.45) is 0. The van der Waals surface area contributed by atoms with Crippen molar-refractivity contribution in [3.63, 3.8) is 0 Å². The summed E-state index contributed by atoms with van der Waals surface area (Å²) >= 11 is 0. The van der Waals surface area contributed by atoms with Crippen molar-refractivity contribution in [2.24, 2.45) is 25.4 Å². The Morgan fingerprint density at radius 3 is 1.47 bits per heavy atom. The number of nitrogens with one attached hydrogen (secondary N) is 1. The average Bonchev–Trinajstić information content (AvgIpc) is 3.47. The fraction of sp³-hybridized carbons (Fsp3) is 0. The molecule has 0 bridgehead atoms. The predicted molar refractivity (Wildman–Crippen MR) is 291 cm³/mol. The van der Waals surface area contributed by atoms with E-state index in [1.165, 1.54) is 78.9 Å². The number of aliphatic imine (C=N–C) groups is 1. The number of fused-ring (bicyclic) bond motifs is 4. The van der Waals surface area contributed by atoms with Gasteiger partial charge in [0.1, 0.15) is 26.9 Å². The van der Waals surface area contributed by atoms with Crippen molar-refractivity contribution in [2.75, 3.05) is 5.32 Å². The number of azo groups is 2. The fourth-order valence-corrected chi connectivity index (χ4v) is 9.95. The summed E-state index contributed by atoms with van der Waals surface area (Å²) in [5.41, 5.74) is -1.68. The van der Waals surface area contributed by atoms with E-state index in [-0.39, 0.29) is 105 Å². The van der Waals surface area contributed by atoms with Crippen molar-refractivity contribution >= 4 is 158 Å². The molecule has 10 rings (SSSR count). The zero-order valence-electron chi connectivity index (χ0n) is 40.3. The minimum absolute atomic E-state index is 0. The predicted octanol–water partition coefficient (Wildman–Crippen LogP) is 11.2. The second kappa shape index (κ2) is 23.2. The molecule has 0 aliphatic rings. The van der Waals surface area contributed by atoms with Crippen molar-refractivity contribution < 1.29 is 55.9 Å². The first-order chi connectivity index (χ1) is 37.3. The number of phenolic OH excluding ortho intramolecular Hbond substituents is 1. The van der Waals surface area contributed by atoms with E-state index in [9.17, 15) is 66.3 Å². The van der Waals surface area contributed by atoms with Gasteiger partial charge in [-0.3, -0.25) is 39.1 Å². The number of hydrogen-bond donors (Lipinski definition) is 4. The van der Waals surface area contributed by atoms with Crippen LogP contribution in [0.15, 0.2) is 217 Å². The van der Waals surface area contributed by atoms with Crippen molar-refractivity contribution in [3.05, 3.63) is 213 Å². The molecule has 0 fully saturated rings. The third kappa shape index (κ3) is 12.2. The van der Waals surface area contributed by atoms with Gasteiger partial charge in [0.15, 0.2) is 5.75 Å². The van der Waals surface area contributed by atoms with Gasteiger partial charge in [-0.15, -0.1) is 15.3 Å². The molecule has 0 radical (unpaired) electrons. The number of phenols is 1. The Labute approximate surface area is 476 Å². The molecular weight excluding hydrogens is 1090 g/mol. The molecule has 4 N–H and O–H groups in total. The summed E-state index contributed by atoms with van der Waals surface area (Å²) in [6, 6.07) is 45.3. The third-order valence-electron chi connectivity index (χ3n) is 11.8. The summed E-state index contributed by atoms with van der Waals surface area (Å²) in [5.74, 6) is -3.09. The number of aromatic hydroxyl groups is 1. The van der Waals surface area contributed by atoms with Crippen LogP contribution in [0.5, 0.6) is 11.5 Å². The number of amides is 1. The van der Waals surface area contributed by atoms with Crippen molar-refractivity contribution in [3.8, 4) is 11.5 Å². The monoisotopic (exact) mass is 1120 g/mol. The molecule has 0 aliphatic carbocycles. The van der Waals surface area contributed by atoms with E-state index in [0.717, 1.165) is 6.07 Å². The van der Waals surface area contributed by atoms with Gasteiger partial charge in [-0.1, -0.05) is 127 Å². The topological polar surface area (TPSA) is 352 Å². The third-order valence-corrected chi connectivity index (χ3v) is 13.7. The summed E-state index contributed by atoms with van der Waals surface area (Å²) in [7, 11) is -9.44. The summed E-state index contributed by atoms with van der Waals surface area (Å²) in [6.45, 7) is 0. The zero-order valence-corrected chi connectivity index (χ0v) is 44.1. The van der Waals surface area contributed by atoms with Crippen LogP contribution in [0.2, 0.25) is 0 Å². The molecule has 0 aromatic heterocycles. The van der Waals surface area contributed by atoms with Crippen LogP contribution in [-0.2, 0) is 20.2 Å². The molecule has 0 atom stereocenters. The molecule has 79 heavy (non-hydrogen) atoms. The number of nitrogens with zero attached hydrogens (tertiary/aromatic N) is 7. The number of anilines is 1. The van der Waals surface area contributed by atoms with Crippen molar-refractivity contribution in [1.82, 2.24) is 0 Å². The van der Waals surface area contributed by atoms with E-state index < -0.39 is 63.2 Å². The van der Waals surface area contributed by atoms with Crippen LogP contribution in [0.4, 0.5) is 45.5 Å². The summed E-state index contributed by atoms with van der Waals surface area (Å²) in [5, 5.41) is 81.5. The van der Waals surface area contributed by atoms with Crippen LogP contribution >= 0.6 is 0 Å². The molecule has 10 aromatic rings. The molecular formula is C54H34CaN8O14S2. The standard InChI is InChI=1S/2C27H18N4O7S.Ca/c2*32-25-22(27(33)28-18-8-5-9-19(15-18)31(34)35)14-17-7-2-3-10-20(17)24(25)30-29-23-13-12-16-6-1-4-11-21(16)26(23)39(36,37)38;/h2*1-15,32H,(H,28,33)(H,36,37,38);/q;;+2/p-2.